The van der Waals surface area contributed by atoms with Crippen molar-refractivity contribution in [1.82, 2.24) is 13.5 Å². The molecule has 0 aliphatic rings. The number of para-hydroxylation sites is 6. The Kier molecular flexibility index (Phi) is 3.66. The zero-order chi connectivity index (χ0) is 22.9. The topological polar surface area (TPSA) is 14.3 Å². The number of rotatable bonds is 2. The van der Waals surface area contributed by atoms with E-state index in [1.54, 1.807) is 0 Å². The summed E-state index contributed by atoms with van der Waals surface area (Å²) >= 11 is 0. The van der Waals surface area contributed by atoms with Crippen molar-refractivity contribution in [3.05, 3.63) is 127 Å². The van der Waals surface area contributed by atoms with Crippen molar-refractivity contribution in [2.24, 2.45) is 0 Å². The van der Waals surface area contributed by atoms with Crippen molar-refractivity contribution in [1.29, 1.82) is 0 Å². The predicted octanol–water partition coefficient (Wildman–Crippen LogP) is 8.13. The Balaban J connectivity index is 1.62. The van der Waals surface area contributed by atoms with Gasteiger partial charge >= 0.3 is 0 Å². The molecule has 3 heteroatoms. The molecule has 3 aromatic heterocycles. The largest absolute Gasteiger partial charge is 0.307 e. The van der Waals surface area contributed by atoms with Gasteiger partial charge in [0.05, 0.1) is 33.3 Å². The molecular weight excluding hydrogens is 426 g/mol. The summed E-state index contributed by atoms with van der Waals surface area (Å²) in [4.78, 5) is 0. The molecule has 5 aromatic carbocycles. The fourth-order valence-electron chi connectivity index (χ4n) is 5.80. The molecule has 8 aromatic rings. The lowest BCUT2D eigenvalue weighted by molar-refractivity contribution is 1.12. The minimum atomic E-state index is 1.17. The first-order valence-electron chi connectivity index (χ1n) is 12.0. The van der Waals surface area contributed by atoms with Gasteiger partial charge in [-0.05, 0) is 48.5 Å². The molecule has 0 N–H and O–H groups in total. The fourth-order valence-corrected chi connectivity index (χ4v) is 5.80. The van der Waals surface area contributed by atoms with Crippen molar-refractivity contribution in [2.75, 3.05) is 0 Å². The lowest BCUT2D eigenvalue weighted by Gasteiger charge is -2.13. The van der Waals surface area contributed by atoms with E-state index in [9.17, 15) is 0 Å². The van der Waals surface area contributed by atoms with Gasteiger partial charge in [-0.3, -0.25) is 8.97 Å². The predicted molar refractivity (Wildman–Crippen MR) is 146 cm³/mol. The zero-order valence-corrected chi connectivity index (χ0v) is 19.0. The van der Waals surface area contributed by atoms with Crippen LogP contribution in [0.25, 0.3) is 60.8 Å². The van der Waals surface area contributed by atoms with Crippen LogP contribution in [0.2, 0.25) is 0 Å². The first-order chi connectivity index (χ1) is 17.4. The summed E-state index contributed by atoms with van der Waals surface area (Å²) in [6, 6.07) is 45.7. The number of fused-ring (bicyclic) bond motifs is 8. The highest BCUT2D eigenvalue weighted by Gasteiger charge is 2.20. The molecule has 0 bridgehead atoms. The Morgan fingerprint density at radius 1 is 0.429 bits per heavy atom. The Bertz CT molecular complexity index is 2050. The van der Waals surface area contributed by atoms with E-state index in [4.69, 9.17) is 0 Å². The average Bonchev–Trinajstić information content (AvgIpc) is 3.56. The second kappa shape index (κ2) is 6.87. The van der Waals surface area contributed by atoms with Gasteiger partial charge in [0.15, 0.2) is 0 Å². The van der Waals surface area contributed by atoms with Gasteiger partial charge in [-0.1, -0.05) is 78.9 Å². The first-order valence-corrected chi connectivity index (χ1v) is 12.0. The summed E-state index contributed by atoms with van der Waals surface area (Å²) in [7, 11) is 0. The molecule has 3 nitrogen and oxygen atoms in total. The maximum Gasteiger partial charge on any atom is 0.123 e. The summed E-state index contributed by atoms with van der Waals surface area (Å²) in [5, 5.41) is 3.77. The van der Waals surface area contributed by atoms with Gasteiger partial charge in [-0.15, -0.1) is 0 Å². The van der Waals surface area contributed by atoms with Crippen molar-refractivity contribution in [2.45, 2.75) is 0 Å². The van der Waals surface area contributed by atoms with Crippen LogP contribution in [-0.2, 0) is 0 Å². The van der Waals surface area contributed by atoms with E-state index in [1.165, 1.54) is 60.8 Å². The maximum absolute atomic E-state index is 2.43. The molecule has 0 aliphatic heterocycles. The standard InChI is InChI=1S/C32H21N3/c1-2-12-23(13-3-1)33-27-17-7-5-14-24(27)25-15-10-20-30(32(25)33)35-29-19-9-8-18-28(29)34-26-16-6-4-11-22(26)21-31(34)35/h1-21H. The molecule has 0 atom stereocenters. The molecule has 0 fully saturated rings. The summed E-state index contributed by atoms with van der Waals surface area (Å²) < 4.78 is 7.23. The number of nitrogens with zero attached hydrogens (tertiary/aromatic N) is 3. The van der Waals surface area contributed by atoms with Gasteiger partial charge in [0.25, 0.3) is 0 Å². The van der Waals surface area contributed by atoms with Crippen molar-refractivity contribution in [3.8, 4) is 11.4 Å². The number of aromatic nitrogens is 3. The van der Waals surface area contributed by atoms with Crippen LogP contribution in [-0.4, -0.2) is 13.5 Å². The van der Waals surface area contributed by atoms with E-state index < -0.39 is 0 Å². The smallest absolute Gasteiger partial charge is 0.123 e. The van der Waals surface area contributed by atoms with E-state index in [1.807, 2.05) is 0 Å². The van der Waals surface area contributed by atoms with Crippen LogP contribution in [0.1, 0.15) is 0 Å². The van der Waals surface area contributed by atoms with Gasteiger partial charge in [0.2, 0.25) is 0 Å². The van der Waals surface area contributed by atoms with Gasteiger partial charge < -0.3 is 4.57 Å². The van der Waals surface area contributed by atoms with E-state index in [0.29, 0.717) is 0 Å². The van der Waals surface area contributed by atoms with Crippen LogP contribution >= 0.6 is 0 Å². The molecule has 0 unspecified atom stereocenters. The van der Waals surface area contributed by atoms with Crippen LogP contribution < -0.4 is 0 Å². The van der Waals surface area contributed by atoms with E-state index in [0.717, 1.165) is 0 Å². The summed E-state index contributed by atoms with van der Waals surface area (Å²) in [6.07, 6.45) is 0. The first kappa shape index (κ1) is 18.6. The van der Waals surface area contributed by atoms with Crippen LogP contribution in [0.4, 0.5) is 0 Å². The lowest BCUT2D eigenvalue weighted by Crippen LogP contribution is -2.00. The molecule has 0 aliphatic carbocycles. The molecule has 164 valence electrons. The maximum atomic E-state index is 2.43. The van der Waals surface area contributed by atoms with E-state index >= 15 is 0 Å². The number of hydrogen-bond donors (Lipinski definition) is 0. The Morgan fingerprint density at radius 3 is 1.94 bits per heavy atom. The Morgan fingerprint density at radius 2 is 1.09 bits per heavy atom. The summed E-state index contributed by atoms with van der Waals surface area (Å²) in [6.45, 7) is 0. The van der Waals surface area contributed by atoms with Gasteiger partial charge in [-0.2, -0.15) is 0 Å². The second-order valence-corrected chi connectivity index (χ2v) is 9.08. The molecule has 0 spiro atoms. The van der Waals surface area contributed by atoms with Crippen molar-refractivity contribution >= 4 is 49.4 Å². The highest BCUT2D eigenvalue weighted by atomic mass is 15.1. The molecule has 0 saturated heterocycles. The van der Waals surface area contributed by atoms with Crippen LogP contribution in [0.15, 0.2) is 127 Å². The van der Waals surface area contributed by atoms with Crippen LogP contribution in [0.5, 0.6) is 0 Å². The van der Waals surface area contributed by atoms with E-state index in [-0.39, 0.29) is 0 Å². The normalized spacial score (nSPS) is 12.0. The fraction of sp³-hybridized carbons (Fsp3) is 0. The van der Waals surface area contributed by atoms with Crippen molar-refractivity contribution in [3.63, 3.8) is 0 Å². The second-order valence-electron chi connectivity index (χ2n) is 9.08. The summed E-state index contributed by atoms with van der Waals surface area (Å²) in [5.74, 6) is 0. The molecule has 0 amide bonds. The lowest BCUT2D eigenvalue weighted by atomic mass is 10.1. The molecule has 8 rings (SSSR count). The average molecular weight is 448 g/mol. The Labute approximate surface area is 201 Å². The minimum absolute atomic E-state index is 1.17. The highest BCUT2D eigenvalue weighted by molar-refractivity contribution is 6.12. The molecular formula is C32H21N3. The van der Waals surface area contributed by atoms with E-state index in [2.05, 4.69) is 141 Å². The number of hydrogen-bond acceptors (Lipinski definition) is 0. The van der Waals surface area contributed by atoms with Crippen molar-refractivity contribution < 1.29 is 0 Å². The molecule has 35 heavy (non-hydrogen) atoms. The Hall–Kier alpha value is -4.76. The minimum Gasteiger partial charge on any atom is -0.307 e. The highest BCUT2D eigenvalue weighted by Crippen LogP contribution is 2.38. The third-order valence-electron chi connectivity index (χ3n) is 7.21. The van der Waals surface area contributed by atoms with Gasteiger partial charge in [0.1, 0.15) is 5.65 Å². The third-order valence-corrected chi connectivity index (χ3v) is 7.21. The number of imidazole rings is 1. The molecule has 3 heterocycles. The number of benzene rings is 5. The molecule has 0 saturated carbocycles. The quantitative estimate of drug-likeness (QED) is 0.254. The monoisotopic (exact) mass is 447 g/mol. The third kappa shape index (κ3) is 2.44. The SMILES string of the molecule is c1ccc(-n2c3ccccc3c3cccc(-n4c5ccccc5n5c6ccccc6cc45)c32)cc1. The van der Waals surface area contributed by atoms with Gasteiger partial charge in [0, 0.05) is 21.8 Å². The van der Waals surface area contributed by atoms with Crippen LogP contribution in [0.3, 0.4) is 0 Å². The van der Waals surface area contributed by atoms with Gasteiger partial charge in [-0.25, -0.2) is 0 Å². The molecule has 0 radical (unpaired) electrons. The zero-order valence-electron chi connectivity index (χ0n) is 19.0. The van der Waals surface area contributed by atoms with Crippen LogP contribution in [0, 0.1) is 0 Å². The summed E-state index contributed by atoms with van der Waals surface area (Å²) in [5.41, 5.74) is 9.59.